The van der Waals surface area contributed by atoms with Crippen LogP contribution in [0.25, 0.3) is 0 Å². The molecule has 12 heteroatoms. The Bertz CT molecular complexity index is 1350. The van der Waals surface area contributed by atoms with Gasteiger partial charge in [-0.25, -0.2) is 4.98 Å². The Morgan fingerprint density at radius 1 is 1.20 bits per heavy atom. The molecule has 0 amide bonds. The number of aryl methyl sites for hydroxylation is 1. The van der Waals surface area contributed by atoms with Crippen molar-refractivity contribution in [3.05, 3.63) is 71.2 Å². The summed E-state index contributed by atoms with van der Waals surface area (Å²) in [4.78, 5) is 4.28. The zero-order valence-electron chi connectivity index (χ0n) is 19.2. The smallest absolute Gasteiger partial charge is 0.233 e. The van der Waals surface area contributed by atoms with E-state index in [2.05, 4.69) is 54.1 Å². The number of anilines is 3. The maximum absolute atomic E-state index is 6.23. The van der Waals surface area contributed by atoms with Gasteiger partial charge in [0.05, 0.1) is 24.5 Å². The molecule has 0 bridgehead atoms. The van der Waals surface area contributed by atoms with Crippen LogP contribution in [-0.2, 0) is 13.0 Å². The van der Waals surface area contributed by atoms with E-state index in [-0.39, 0.29) is 12.1 Å². The minimum atomic E-state index is 0.0191. The van der Waals surface area contributed by atoms with E-state index in [0.29, 0.717) is 36.4 Å². The monoisotopic (exact) mass is 474 g/mol. The molecule has 35 heavy (non-hydrogen) atoms. The number of nitrogens with zero attached hydrogens (tertiary/aromatic N) is 5. The number of ether oxygens (including phenoxy) is 1. The summed E-state index contributed by atoms with van der Waals surface area (Å²) in [6, 6.07) is 10.0. The van der Waals surface area contributed by atoms with Gasteiger partial charge in [-0.3, -0.25) is 10.1 Å². The molecule has 2 aliphatic rings. The SMILES string of the molecule is Cc1nnc([C@@H]2C[C@@H](Oc3cccc(Cn4cc(Cc5cc(N)nc6c5NNN6)cn4)c3)CN2)o1. The fraction of sp³-hybridized carbons (Fsp3) is 0.304. The van der Waals surface area contributed by atoms with Crippen LogP contribution < -0.4 is 32.2 Å². The second-order valence-electron chi connectivity index (χ2n) is 8.77. The molecule has 5 heterocycles. The molecule has 0 aliphatic carbocycles. The van der Waals surface area contributed by atoms with Crippen LogP contribution in [-0.4, -0.2) is 37.6 Å². The average molecular weight is 475 g/mol. The van der Waals surface area contributed by atoms with E-state index in [4.69, 9.17) is 14.9 Å². The fourth-order valence-corrected chi connectivity index (χ4v) is 4.48. The lowest BCUT2D eigenvalue weighted by atomic mass is 10.1. The molecular weight excluding hydrogens is 448 g/mol. The van der Waals surface area contributed by atoms with E-state index >= 15 is 0 Å². The minimum Gasteiger partial charge on any atom is -0.489 e. The molecule has 2 aliphatic heterocycles. The van der Waals surface area contributed by atoms with Gasteiger partial charge < -0.3 is 25.6 Å². The Kier molecular flexibility index (Phi) is 5.43. The fourth-order valence-electron chi connectivity index (χ4n) is 4.48. The van der Waals surface area contributed by atoms with E-state index < -0.39 is 0 Å². The Labute approximate surface area is 201 Å². The first kappa shape index (κ1) is 21.4. The maximum Gasteiger partial charge on any atom is 0.233 e. The highest BCUT2D eigenvalue weighted by Gasteiger charge is 2.30. The predicted molar refractivity (Wildman–Crippen MR) is 128 cm³/mol. The van der Waals surface area contributed by atoms with Crippen molar-refractivity contribution in [3.63, 3.8) is 0 Å². The summed E-state index contributed by atoms with van der Waals surface area (Å²) in [5, 5.41) is 16.0. The summed E-state index contributed by atoms with van der Waals surface area (Å²) in [6.45, 7) is 3.16. The standard InChI is InChI=1S/C23H26N10O2/c1-13-28-31-23(34-13)19-8-18(10-25-19)35-17-4-2-3-14(6-17)11-33-12-15(9-26-33)5-16-7-20(24)27-22-21(16)29-32-30-22/h2-4,6-7,9,12,18-19,25,29,32H,5,8,10-11H2,1H3,(H3,24,27,30)/t18-,19+/m1/s1. The summed E-state index contributed by atoms with van der Waals surface area (Å²) in [7, 11) is 0. The highest BCUT2D eigenvalue weighted by Crippen LogP contribution is 2.30. The molecular formula is C23H26N10O2. The quantitative estimate of drug-likeness (QED) is 0.267. The van der Waals surface area contributed by atoms with E-state index in [1.54, 1.807) is 6.92 Å². The van der Waals surface area contributed by atoms with Gasteiger partial charge in [0.15, 0.2) is 5.82 Å². The van der Waals surface area contributed by atoms with Gasteiger partial charge in [-0.1, -0.05) is 12.1 Å². The summed E-state index contributed by atoms with van der Waals surface area (Å²) in [6.07, 6.45) is 5.42. The zero-order chi connectivity index (χ0) is 23.8. The number of hydrogen-bond donors (Lipinski definition) is 5. The highest BCUT2D eigenvalue weighted by atomic mass is 16.5. The van der Waals surface area contributed by atoms with Crippen LogP contribution >= 0.6 is 0 Å². The number of aromatic nitrogens is 5. The first-order valence-electron chi connectivity index (χ1n) is 11.5. The van der Waals surface area contributed by atoms with Crippen LogP contribution in [0.1, 0.15) is 40.9 Å². The summed E-state index contributed by atoms with van der Waals surface area (Å²) in [5.41, 5.74) is 19.0. The van der Waals surface area contributed by atoms with Gasteiger partial charge in [0.1, 0.15) is 17.7 Å². The molecule has 0 unspecified atom stereocenters. The van der Waals surface area contributed by atoms with Crippen molar-refractivity contribution in [2.24, 2.45) is 0 Å². The van der Waals surface area contributed by atoms with Crippen LogP contribution in [0.15, 0.2) is 47.1 Å². The van der Waals surface area contributed by atoms with Gasteiger partial charge in [-0.15, -0.1) is 15.7 Å². The molecule has 1 fully saturated rings. The number of fused-ring (bicyclic) bond motifs is 1. The predicted octanol–water partition coefficient (Wildman–Crippen LogP) is 1.93. The summed E-state index contributed by atoms with van der Waals surface area (Å²) >= 11 is 0. The van der Waals surface area contributed by atoms with E-state index in [1.807, 2.05) is 35.3 Å². The van der Waals surface area contributed by atoms with Crippen molar-refractivity contribution in [2.75, 3.05) is 23.1 Å². The Morgan fingerprint density at radius 2 is 2.14 bits per heavy atom. The third kappa shape index (κ3) is 4.61. The molecule has 0 spiro atoms. The number of nitrogen functional groups attached to an aromatic ring is 1. The molecule has 0 saturated carbocycles. The second-order valence-corrected chi connectivity index (χ2v) is 8.77. The number of hydrogen-bond acceptors (Lipinski definition) is 11. The van der Waals surface area contributed by atoms with Crippen LogP contribution in [0, 0.1) is 6.92 Å². The molecule has 0 radical (unpaired) electrons. The van der Waals surface area contributed by atoms with Crippen molar-refractivity contribution in [1.82, 2.24) is 35.8 Å². The topological polar surface area (TPSA) is 153 Å². The normalized spacial score (nSPS) is 18.8. The lowest BCUT2D eigenvalue weighted by molar-refractivity contribution is 0.217. The molecule has 1 aromatic carbocycles. The first-order chi connectivity index (χ1) is 17.1. The lowest BCUT2D eigenvalue weighted by Gasteiger charge is -2.13. The van der Waals surface area contributed by atoms with Crippen molar-refractivity contribution < 1.29 is 9.15 Å². The number of rotatable bonds is 7. The van der Waals surface area contributed by atoms with Crippen LogP contribution in [0.5, 0.6) is 5.75 Å². The summed E-state index contributed by atoms with van der Waals surface area (Å²) in [5.74, 6) is 3.18. The molecule has 2 atom stereocenters. The number of benzene rings is 1. The first-order valence-corrected chi connectivity index (χ1v) is 11.5. The second kappa shape index (κ2) is 8.89. The van der Waals surface area contributed by atoms with Gasteiger partial charge >= 0.3 is 0 Å². The highest BCUT2D eigenvalue weighted by molar-refractivity contribution is 5.74. The molecule has 6 rings (SSSR count). The lowest BCUT2D eigenvalue weighted by Crippen LogP contribution is -2.20. The van der Waals surface area contributed by atoms with Gasteiger partial charge in [-0.05, 0) is 34.9 Å². The van der Waals surface area contributed by atoms with E-state index in [9.17, 15) is 0 Å². The van der Waals surface area contributed by atoms with Gasteiger partial charge in [0, 0.05) is 32.5 Å². The Balaban J connectivity index is 1.09. The van der Waals surface area contributed by atoms with Gasteiger partial charge in [-0.2, -0.15) is 5.10 Å². The molecule has 1 saturated heterocycles. The number of nitrogens with two attached hydrogens (primary N) is 1. The van der Waals surface area contributed by atoms with Gasteiger partial charge in [0.25, 0.3) is 0 Å². The molecule has 180 valence electrons. The number of hydrazine groups is 2. The van der Waals surface area contributed by atoms with E-state index in [1.165, 1.54) is 0 Å². The van der Waals surface area contributed by atoms with Crippen molar-refractivity contribution >= 4 is 17.3 Å². The van der Waals surface area contributed by atoms with E-state index in [0.717, 1.165) is 41.1 Å². The largest absolute Gasteiger partial charge is 0.489 e. The average Bonchev–Trinajstić information content (AvgIpc) is 3.62. The Morgan fingerprint density at radius 3 is 3.03 bits per heavy atom. The third-order valence-electron chi connectivity index (χ3n) is 6.05. The summed E-state index contributed by atoms with van der Waals surface area (Å²) < 4.78 is 13.7. The number of nitrogens with one attached hydrogen (secondary N) is 4. The molecule has 12 nitrogen and oxygen atoms in total. The van der Waals surface area contributed by atoms with Crippen LogP contribution in [0.2, 0.25) is 0 Å². The minimum absolute atomic E-state index is 0.0191. The van der Waals surface area contributed by atoms with Crippen LogP contribution in [0.4, 0.5) is 17.3 Å². The zero-order valence-corrected chi connectivity index (χ0v) is 19.2. The molecule has 3 aromatic heterocycles. The molecule has 4 aromatic rings. The third-order valence-corrected chi connectivity index (χ3v) is 6.05. The maximum atomic E-state index is 6.23. The van der Waals surface area contributed by atoms with Crippen LogP contribution in [0.3, 0.4) is 0 Å². The van der Waals surface area contributed by atoms with Gasteiger partial charge in [0.2, 0.25) is 11.8 Å². The van der Waals surface area contributed by atoms with Crippen molar-refractivity contribution in [2.45, 2.75) is 38.5 Å². The number of pyridine rings is 1. The van der Waals surface area contributed by atoms with Crippen molar-refractivity contribution in [1.29, 1.82) is 0 Å². The molecule has 6 N–H and O–H groups in total. The van der Waals surface area contributed by atoms with Crippen molar-refractivity contribution in [3.8, 4) is 5.75 Å². The Hall–Kier alpha value is -4.16.